The number of β-amino-alcohol motifs (C(OH)–C–C–N with tert-alkyl or cyclic N) is 2. The van der Waals surface area contributed by atoms with E-state index in [0.717, 1.165) is 96.8 Å². The average Bonchev–Trinajstić information content (AvgIpc) is 4.58. The number of aromatic hydroxyl groups is 1. The van der Waals surface area contributed by atoms with Crippen molar-refractivity contribution in [1.29, 1.82) is 0 Å². The number of phenolic OH excluding ortho intramolecular Hbond substituents is 1. The van der Waals surface area contributed by atoms with E-state index in [-0.39, 0.29) is 31.7 Å². The Morgan fingerprint density at radius 2 is 0.839 bits per heavy atom. The van der Waals surface area contributed by atoms with E-state index in [0.29, 0.717) is 124 Å². The normalized spacial score (nSPS) is 18.8. The molecule has 5 aliphatic heterocycles. The van der Waals surface area contributed by atoms with Gasteiger partial charge in [0, 0.05) is 62.0 Å². The van der Waals surface area contributed by atoms with Crippen molar-refractivity contribution >= 4 is 128 Å². The maximum absolute atomic E-state index is 10.3. The summed E-state index contributed by atoms with van der Waals surface area (Å²) in [6.45, 7) is 10.2. The molecule has 5 fully saturated rings. The summed E-state index contributed by atoms with van der Waals surface area (Å²) in [6, 6.07) is 25.8. The molecule has 484 valence electrons. The zero-order valence-corrected chi connectivity index (χ0v) is 56.1. The maximum Gasteiger partial charge on any atom is 0.121 e. The standard InChI is InChI=1S/C23H28Cl4N2O4.C14H20Cl2N2O2.C9H8Cl2O2.C6H4Cl2O.C5H12N2.C3H5ClO/c24-20-3-1-18(9-22(20)26)32-13-16(30)11-28-15-5-7-29(8-6-15)12-17(31)14-33-19-2-4-21(25)23(27)10-19;15-13-2-1-12(7-14(13)16)20-9-11(19)8-18-5-3-10(17)4-6-18;10-8-2-1-6(3-9(8)11)12-4-7-5-13-7;7-5-2-1-4(9)3-6(5)8;6-5-1-3-7-4-2-5;4-1-3-2-5-3/h1-4,9-10,15-17,28,30-31H,5-8,11-14H2;1-2,7,10-11,19H,3-6,8-9,17H2;1-3,7H,4-5H2;1-3,9H;5,7H,1-4,6H2;3H,1-2H2/t16-,17-;11-;7-;;;3-/m001..1/s1. The molecule has 10 rings (SSSR count). The van der Waals surface area contributed by atoms with Crippen LogP contribution in [0.5, 0.6) is 28.7 Å². The minimum atomic E-state index is -0.641. The number of epoxide rings is 2. The molecule has 0 unspecified atom stereocenters. The monoisotopic (exact) mass is 1430 g/mol. The Balaban J connectivity index is 0.000000215. The van der Waals surface area contributed by atoms with Gasteiger partial charge in [0.2, 0.25) is 0 Å². The van der Waals surface area contributed by atoms with E-state index in [1.54, 1.807) is 78.9 Å². The van der Waals surface area contributed by atoms with Crippen molar-refractivity contribution < 1.29 is 48.8 Å². The van der Waals surface area contributed by atoms with Crippen molar-refractivity contribution in [2.24, 2.45) is 11.5 Å². The summed E-state index contributed by atoms with van der Waals surface area (Å²) in [5, 5.41) is 50.5. The lowest BCUT2D eigenvalue weighted by molar-refractivity contribution is 0.0556. The fourth-order valence-corrected chi connectivity index (χ4v) is 9.82. The summed E-state index contributed by atoms with van der Waals surface area (Å²) >= 11 is 63.3. The number of likely N-dealkylation sites (tertiary alicyclic amines) is 2. The van der Waals surface area contributed by atoms with Gasteiger partial charge in [0.1, 0.15) is 79.6 Å². The number of hydrogen-bond acceptors (Lipinski definition) is 16. The Kier molecular flexibility index (Phi) is 36.0. The molecule has 27 heteroatoms. The van der Waals surface area contributed by atoms with Gasteiger partial charge in [0.25, 0.3) is 0 Å². The minimum absolute atomic E-state index is 0.129. The number of nitrogens with two attached hydrogens (primary N) is 2. The number of hydrogen-bond donors (Lipinski definition) is 8. The molecule has 87 heavy (non-hydrogen) atoms. The van der Waals surface area contributed by atoms with Gasteiger partial charge >= 0.3 is 0 Å². The summed E-state index contributed by atoms with van der Waals surface area (Å²) in [7, 11) is 0. The van der Waals surface area contributed by atoms with Crippen LogP contribution in [0.3, 0.4) is 0 Å². The predicted molar refractivity (Wildman–Crippen MR) is 355 cm³/mol. The quantitative estimate of drug-likeness (QED) is 0.0268. The average molecular weight is 1430 g/mol. The minimum Gasteiger partial charge on any atom is -0.508 e. The van der Waals surface area contributed by atoms with Gasteiger partial charge in [-0.25, -0.2) is 0 Å². The molecule has 0 bridgehead atoms. The van der Waals surface area contributed by atoms with E-state index >= 15 is 0 Å². The van der Waals surface area contributed by atoms with E-state index in [2.05, 4.69) is 20.4 Å². The fourth-order valence-electron chi connectivity index (χ4n) is 8.20. The van der Waals surface area contributed by atoms with E-state index in [1.165, 1.54) is 12.1 Å². The first-order chi connectivity index (χ1) is 41.6. The van der Waals surface area contributed by atoms with Crippen LogP contribution in [0.4, 0.5) is 0 Å². The largest absolute Gasteiger partial charge is 0.508 e. The van der Waals surface area contributed by atoms with Crippen LogP contribution in [0.2, 0.25) is 50.2 Å². The number of ether oxygens (including phenoxy) is 6. The molecule has 5 atom stereocenters. The number of benzene rings is 5. The summed E-state index contributed by atoms with van der Waals surface area (Å²) in [4.78, 5) is 4.43. The third kappa shape index (κ3) is 32.3. The van der Waals surface area contributed by atoms with Crippen LogP contribution >= 0.6 is 128 Å². The SMILES string of the molecule is ClC[C@@H]1CO1.Clc1ccc(OC[C@@H]2CO2)cc1Cl.NC1CCN(C[C@H](O)COc2ccc(Cl)c(Cl)c2)CC1.NC1CCNCC1.O[C@H](COc1ccc(Cl)c(Cl)c1)CN1CCC(NC[C@H](O)COc2ccc(Cl)c(Cl)c2)CC1.Oc1ccc(Cl)c(Cl)c1. The lowest BCUT2D eigenvalue weighted by Crippen LogP contribution is -2.47. The van der Waals surface area contributed by atoms with Crippen molar-refractivity contribution in [3.8, 4) is 28.7 Å². The van der Waals surface area contributed by atoms with Gasteiger partial charge in [-0.3, -0.25) is 0 Å². The van der Waals surface area contributed by atoms with Crippen LogP contribution in [0.1, 0.15) is 38.5 Å². The predicted octanol–water partition coefficient (Wildman–Crippen LogP) is 12.5. The second kappa shape index (κ2) is 41.4. The van der Waals surface area contributed by atoms with E-state index in [1.807, 2.05) is 0 Å². The molecule has 16 nitrogen and oxygen atoms in total. The molecular weight excluding hydrogens is 1350 g/mol. The van der Waals surface area contributed by atoms with Gasteiger partial charge in [0.15, 0.2) is 0 Å². The number of nitrogens with zero attached hydrogens (tertiary/aromatic N) is 2. The molecule has 5 heterocycles. The molecule has 0 spiro atoms. The first-order valence-corrected chi connectivity index (χ1v) is 32.6. The summed E-state index contributed by atoms with van der Waals surface area (Å²) in [5.74, 6) is 3.28. The molecule has 5 aromatic rings. The highest BCUT2D eigenvalue weighted by Crippen LogP contribution is 2.30. The Labute approximate surface area is 565 Å². The van der Waals surface area contributed by atoms with Crippen LogP contribution < -0.4 is 41.0 Å². The number of nitrogens with one attached hydrogen (secondary N) is 2. The van der Waals surface area contributed by atoms with Crippen molar-refractivity contribution in [3.63, 3.8) is 0 Å². The second-order valence-corrected chi connectivity index (χ2v) is 25.3. The number of piperidine rings is 3. The number of aliphatic hydroxyl groups is 3. The summed E-state index contributed by atoms with van der Waals surface area (Å²) < 4.78 is 31.8. The highest BCUT2D eigenvalue weighted by Gasteiger charge is 2.25. The van der Waals surface area contributed by atoms with Crippen LogP contribution in [0.15, 0.2) is 91.0 Å². The van der Waals surface area contributed by atoms with Crippen molar-refractivity contribution in [1.82, 2.24) is 20.4 Å². The summed E-state index contributed by atoms with van der Waals surface area (Å²) in [5.41, 5.74) is 11.4. The number of phenols is 1. The third-order valence-corrected chi connectivity index (χ3v) is 17.4. The van der Waals surface area contributed by atoms with Gasteiger partial charge in [-0.15, -0.1) is 11.6 Å². The highest BCUT2D eigenvalue weighted by atomic mass is 35.5. The molecule has 10 N–H and O–H groups in total. The highest BCUT2D eigenvalue weighted by molar-refractivity contribution is 6.44. The van der Waals surface area contributed by atoms with Crippen molar-refractivity contribution in [2.75, 3.05) is 104 Å². The first kappa shape index (κ1) is 75.6. The fraction of sp³-hybridized carbons (Fsp3) is 0.500. The third-order valence-electron chi connectivity index (χ3n) is 13.4. The zero-order chi connectivity index (χ0) is 63.3. The number of rotatable bonds is 20. The van der Waals surface area contributed by atoms with Crippen molar-refractivity contribution in [2.45, 2.75) is 87.2 Å². The van der Waals surface area contributed by atoms with Gasteiger partial charge in [-0.2, -0.15) is 0 Å². The number of alkyl halides is 1. The van der Waals surface area contributed by atoms with E-state index in [9.17, 15) is 15.3 Å². The van der Waals surface area contributed by atoms with Crippen LogP contribution in [0.25, 0.3) is 0 Å². The van der Waals surface area contributed by atoms with Gasteiger partial charge in [-0.05, 0) is 145 Å². The van der Waals surface area contributed by atoms with Gasteiger partial charge in [0.05, 0.1) is 75.4 Å². The lowest BCUT2D eigenvalue weighted by Gasteiger charge is -2.33. The molecule has 5 aromatic carbocycles. The smallest absolute Gasteiger partial charge is 0.121 e. The molecular formula is C60H77Cl11N6O10. The Morgan fingerprint density at radius 3 is 1.17 bits per heavy atom. The first-order valence-electron chi connectivity index (χ1n) is 28.3. The van der Waals surface area contributed by atoms with Crippen LogP contribution in [-0.4, -0.2) is 183 Å². The van der Waals surface area contributed by atoms with E-state index in [4.69, 9.17) is 173 Å². The molecule has 0 radical (unpaired) electrons. The summed E-state index contributed by atoms with van der Waals surface area (Å²) in [6.07, 6.45) is 5.02. The Hall–Kier alpha value is -2.15. The second-order valence-electron chi connectivity index (χ2n) is 20.9. The molecule has 5 saturated heterocycles. The van der Waals surface area contributed by atoms with Gasteiger partial charge < -0.3 is 80.7 Å². The van der Waals surface area contributed by atoms with Crippen molar-refractivity contribution in [3.05, 3.63) is 141 Å². The van der Waals surface area contributed by atoms with Gasteiger partial charge in [-0.1, -0.05) is 116 Å². The lowest BCUT2D eigenvalue weighted by atomic mass is 10.0. The zero-order valence-electron chi connectivity index (χ0n) is 47.8. The number of aliphatic hydroxyl groups excluding tert-OH is 3. The topological polar surface area (TPSA) is 225 Å². The molecule has 0 saturated carbocycles. The number of halogens is 11. The molecule has 0 amide bonds. The Morgan fingerprint density at radius 1 is 0.483 bits per heavy atom. The van der Waals surface area contributed by atoms with Crippen LogP contribution in [-0.2, 0) is 9.47 Å². The molecule has 0 aromatic heterocycles. The molecule has 0 aliphatic carbocycles. The van der Waals surface area contributed by atoms with Crippen LogP contribution in [0, 0.1) is 0 Å². The molecule has 5 aliphatic rings. The van der Waals surface area contributed by atoms with E-state index < -0.39 is 18.3 Å². The maximum atomic E-state index is 10.3. The Bertz CT molecular complexity index is 2760.